The number of nitro groups is 2. The molecule has 14 nitrogen and oxygen atoms in total. The van der Waals surface area contributed by atoms with E-state index in [0.717, 1.165) is 33.7 Å². The Balaban J connectivity index is 0.000000250. The summed E-state index contributed by atoms with van der Waals surface area (Å²) in [5.74, 6) is -1.18. The van der Waals surface area contributed by atoms with Gasteiger partial charge in [-0.25, -0.2) is 0 Å². The first kappa shape index (κ1) is 37.0. The van der Waals surface area contributed by atoms with Crippen LogP contribution in [0.25, 0.3) is 33.0 Å². The number of azo groups is 2. The van der Waals surface area contributed by atoms with Gasteiger partial charge in [-0.3, -0.25) is 20.2 Å². The summed E-state index contributed by atoms with van der Waals surface area (Å²) in [6.45, 7) is 0. The van der Waals surface area contributed by atoms with Crippen LogP contribution in [0.5, 0.6) is 11.5 Å². The minimum Gasteiger partial charge on any atom is -0.871 e. The SMILES string of the molecule is [Co+3].[NH-]c1ccc2ccccc2c1N=Nc1ccc([N+](=O)[O-])cc1[O-].[NH-]c1ccc2ccccc2c1N=Nc1ccc([N+](=O)[O-])cc1[O-].[Na+]. The van der Waals surface area contributed by atoms with E-state index < -0.39 is 21.3 Å². The third kappa shape index (κ3) is 8.47. The van der Waals surface area contributed by atoms with Gasteiger partial charge in [0.25, 0.3) is 11.4 Å². The number of hydrogen-bond acceptors (Lipinski definition) is 10. The molecule has 6 aromatic carbocycles. The standard InChI is InChI=1S/2C16H11N4O3.Co.Na/c2*17-13-7-5-10-3-1-2-4-12(10)16(13)19-18-14-8-6-11(20(22)23)9-15(14)21;;/h2*1-9H,(H2-,17,18,19,21);;/q2*-1;+3;+1/p-2. The minimum atomic E-state index is -0.644. The van der Waals surface area contributed by atoms with E-state index in [-0.39, 0.29) is 80.5 Å². The van der Waals surface area contributed by atoms with Crippen molar-refractivity contribution in [2.24, 2.45) is 20.5 Å². The van der Waals surface area contributed by atoms with E-state index in [2.05, 4.69) is 20.5 Å². The van der Waals surface area contributed by atoms with Crippen molar-refractivity contribution in [2.75, 3.05) is 0 Å². The third-order valence-corrected chi connectivity index (χ3v) is 6.63. The Kier molecular flexibility index (Phi) is 12.6. The van der Waals surface area contributed by atoms with Gasteiger partial charge >= 0.3 is 46.3 Å². The van der Waals surface area contributed by atoms with Gasteiger partial charge in [0.05, 0.1) is 32.6 Å². The van der Waals surface area contributed by atoms with Crippen LogP contribution in [0.1, 0.15) is 0 Å². The van der Waals surface area contributed by atoms with Crippen molar-refractivity contribution in [1.82, 2.24) is 0 Å². The molecule has 234 valence electrons. The maximum absolute atomic E-state index is 11.8. The number of benzene rings is 6. The molecule has 0 radical (unpaired) electrons. The molecule has 6 aromatic rings. The Morgan fingerprint density at radius 1 is 0.521 bits per heavy atom. The number of nitro benzene ring substituents is 2. The van der Waals surface area contributed by atoms with Crippen LogP contribution in [0.3, 0.4) is 0 Å². The van der Waals surface area contributed by atoms with E-state index in [1.54, 1.807) is 12.1 Å². The molecule has 16 heteroatoms. The molecule has 0 heterocycles. The predicted octanol–water partition coefficient (Wildman–Crippen LogP) is 6.84. The van der Waals surface area contributed by atoms with Gasteiger partial charge in [0, 0.05) is 35.0 Å². The summed E-state index contributed by atoms with van der Waals surface area (Å²) in [7, 11) is 0. The Bertz CT molecular complexity index is 2040. The van der Waals surface area contributed by atoms with Gasteiger partial charge in [-0.2, -0.15) is 20.5 Å². The number of rotatable bonds is 6. The van der Waals surface area contributed by atoms with Crippen LogP contribution in [0.2, 0.25) is 0 Å². The molecule has 0 atom stereocenters. The molecule has 0 saturated heterocycles. The summed E-state index contributed by atoms with van der Waals surface area (Å²) in [6.07, 6.45) is 0. The summed E-state index contributed by atoms with van der Waals surface area (Å²) in [5.41, 5.74) is 16.3. The van der Waals surface area contributed by atoms with Gasteiger partial charge < -0.3 is 21.7 Å². The second-order valence-electron chi connectivity index (χ2n) is 9.58. The van der Waals surface area contributed by atoms with Crippen LogP contribution in [0.15, 0.2) is 130 Å². The smallest absolute Gasteiger partial charge is 0.871 e. The van der Waals surface area contributed by atoms with E-state index in [0.29, 0.717) is 11.4 Å². The first-order chi connectivity index (χ1) is 22.1. The Morgan fingerprint density at radius 3 is 1.25 bits per heavy atom. The minimum absolute atomic E-state index is 0. The molecule has 0 aliphatic heterocycles. The van der Waals surface area contributed by atoms with Crippen molar-refractivity contribution >= 4 is 67.0 Å². The molecule has 0 aliphatic rings. The fraction of sp³-hybridized carbons (Fsp3) is 0. The average molecular weight is 694 g/mol. The van der Waals surface area contributed by atoms with Crippen LogP contribution in [0.4, 0.5) is 45.5 Å². The maximum atomic E-state index is 11.8. The number of nitrogens with one attached hydrogen (secondary N) is 2. The normalized spacial score (nSPS) is 10.7. The molecule has 0 unspecified atom stereocenters. The summed E-state index contributed by atoms with van der Waals surface area (Å²) < 4.78 is 0. The van der Waals surface area contributed by atoms with Crippen molar-refractivity contribution in [3.05, 3.63) is 141 Å². The molecular weight excluding hydrogens is 674 g/mol. The number of hydrogen-bond donors (Lipinski definition) is 0. The van der Waals surface area contributed by atoms with Gasteiger partial charge in [0.1, 0.15) is 0 Å². The van der Waals surface area contributed by atoms with Crippen molar-refractivity contribution < 1.29 is 66.4 Å². The second-order valence-corrected chi connectivity index (χ2v) is 9.58. The number of fused-ring (bicyclic) bond motifs is 2. The molecule has 0 fully saturated rings. The summed E-state index contributed by atoms with van der Waals surface area (Å²) >= 11 is 0. The maximum Gasteiger partial charge on any atom is 3.00 e. The van der Waals surface area contributed by atoms with Crippen LogP contribution >= 0.6 is 0 Å². The fourth-order valence-corrected chi connectivity index (χ4v) is 4.33. The van der Waals surface area contributed by atoms with Crippen LogP contribution in [-0.2, 0) is 16.8 Å². The van der Waals surface area contributed by atoms with Crippen molar-refractivity contribution in [1.29, 1.82) is 0 Å². The zero-order valence-corrected chi connectivity index (χ0v) is 27.9. The molecular formula is C32H20CoN8NaO6. The van der Waals surface area contributed by atoms with Gasteiger partial charge in [-0.15, -0.1) is 11.4 Å². The van der Waals surface area contributed by atoms with Crippen molar-refractivity contribution in [2.45, 2.75) is 0 Å². The van der Waals surface area contributed by atoms with E-state index >= 15 is 0 Å². The molecule has 0 spiro atoms. The Morgan fingerprint density at radius 2 is 0.896 bits per heavy atom. The first-order valence-corrected chi connectivity index (χ1v) is 13.3. The summed E-state index contributed by atoms with van der Waals surface area (Å²) in [4.78, 5) is 20.0. The molecule has 0 saturated carbocycles. The van der Waals surface area contributed by atoms with E-state index in [9.17, 15) is 30.4 Å². The largest absolute Gasteiger partial charge is 3.00 e. The molecule has 0 aliphatic carbocycles. The Labute approximate surface area is 304 Å². The molecule has 0 amide bonds. The zero-order chi connectivity index (χ0) is 32.8. The van der Waals surface area contributed by atoms with E-state index in [1.165, 1.54) is 24.3 Å². The quantitative estimate of drug-likeness (QED) is 0.0783. The van der Waals surface area contributed by atoms with E-state index in [1.807, 2.05) is 60.7 Å². The van der Waals surface area contributed by atoms with Crippen LogP contribution in [0, 0.1) is 20.2 Å². The number of nitrogens with zero attached hydrogens (tertiary/aromatic N) is 6. The third-order valence-electron chi connectivity index (χ3n) is 6.63. The molecule has 2 N–H and O–H groups in total. The second kappa shape index (κ2) is 16.4. The van der Waals surface area contributed by atoms with Gasteiger partial charge in [-0.05, 0) is 22.9 Å². The van der Waals surface area contributed by atoms with E-state index in [4.69, 9.17) is 11.5 Å². The zero-order valence-electron chi connectivity index (χ0n) is 24.9. The topological polar surface area (TPSA) is 229 Å². The molecule has 48 heavy (non-hydrogen) atoms. The van der Waals surface area contributed by atoms with Gasteiger partial charge in [0.15, 0.2) is 0 Å². The fourth-order valence-electron chi connectivity index (χ4n) is 4.33. The molecule has 0 bridgehead atoms. The predicted molar refractivity (Wildman–Crippen MR) is 169 cm³/mol. The average Bonchev–Trinajstić information content (AvgIpc) is 3.05. The van der Waals surface area contributed by atoms with Gasteiger partial charge in [-0.1, -0.05) is 84.3 Å². The summed E-state index contributed by atoms with van der Waals surface area (Å²) in [6, 6.07) is 28.3. The van der Waals surface area contributed by atoms with Crippen molar-refractivity contribution in [3.8, 4) is 11.5 Å². The van der Waals surface area contributed by atoms with Crippen LogP contribution < -0.4 is 39.8 Å². The van der Waals surface area contributed by atoms with Crippen LogP contribution in [-0.4, -0.2) is 9.85 Å². The first-order valence-electron chi connectivity index (χ1n) is 13.3. The molecule has 0 aromatic heterocycles. The van der Waals surface area contributed by atoms with Crippen molar-refractivity contribution in [3.63, 3.8) is 0 Å². The molecule has 6 rings (SSSR count). The summed E-state index contributed by atoms with van der Waals surface area (Å²) in [5, 5.41) is 63.9. The number of non-ortho nitro benzene ring substituents is 2. The Hall–Kier alpha value is -5.45. The van der Waals surface area contributed by atoms with Gasteiger partial charge in [0.2, 0.25) is 0 Å². The monoisotopic (exact) mass is 694 g/mol.